The fraction of sp³-hybridized carbons (Fsp3) is 0.316. The van der Waals surface area contributed by atoms with Gasteiger partial charge in [-0.3, -0.25) is 0 Å². The lowest BCUT2D eigenvalue weighted by molar-refractivity contribution is -0.0440. The molecule has 1 unspecified atom stereocenters. The van der Waals surface area contributed by atoms with Gasteiger partial charge in [-0.2, -0.15) is 0 Å². The van der Waals surface area contributed by atoms with Gasteiger partial charge in [-0.25, -0.2) is 4.79 Å². The van der Waals surface area contributed by atoms with Crippen LogP contribution in [-0.4, -0.2) is 37.1 Å². The number of hydrogen-bond acceptors (Lipinski definition) is 4. The molecule has 1 saturated heterocycles. The van der Waals surface area contributed by atoms with Crippen molar-refractivity contribution in [3.63, 3.8) is 0 Å². The Morgan fingerprint density at radius 2 is 1.88 bits per heavy atom. The average Bonchev–Trinajstić information content (AvgIpc) is 3.15. The van der Waals surface area contributed by atoms with Crippen LogP contribution in [0.3, 0.4) is 0 Å². The van der Waals surface area contributed by atoms with E-state index in [-0.39, 0.29) is 18.9 Å². The van der Waals surface area contributed by atoms with Crippen LogP contribution in [0.5, 0.6) is 5.75 Å². The van der Waals surface area contributed by atoms with Crippen molar-refractivity contribution in [2.24, 2.45) is 0 Å². The summed E-state index contributed by atoms with van der Waals surface area (Å²) in [6.07, 6.45) is -1.63. The number of benzene rings is 2. The zero-order valence-electron chi connectivity index (χ0n) is 14.0. The first kappa shape index (κ1) is 17.3. The van der Waals surface area contributed by atoms with Crippen molar-refractivity contribution in [2.75, 3.05) is 19.8 Å². The minimum absolute atomic E-state index is 0.228. The highest BCUT2D eigenvalue weighted by molar-refractivity contribution is 5.66. The van der Waals surface area contributed by atoms with Gasteiger partial charge in [-0.05, 0) is 36.2 Å². The van der Waals surface area contributed by atoms with Crippen LogP contribution >= 0.6 is 0 Å². The summed E-state index contributed by atoms with van der Waals surface area (Å²) in [7, 11) is 0. The van der Waals surface area contributed by atoms with Crippen LogP contribution in [0.4, 0.5) is 4.79 Å². The SMILES string of the molecule is CC(CNC(=O)O)Oc1cccc(-c2cccc(C3OCCO3)c2)c1. The molecule has 0 saturated carbocycles. The van der Waals surface area contributed by atoms with Gasteiger partial charge < -0.3 is 24.6 Å². The molecule has 3 rings (SSSR count). The lowest BCUT2D eigenvalue weighted by Gasteiger charge is -2.15. The van der Waals surface area contributed by atoms with E-state index in [9.17, 15) is 4.79 Å². The molecule has 1 aliphatic rings. The lowest BCUT2D eigenvalue weighted by atomic mass is 10.0. The first-order valence-electron chi connectivity index (χ1n) is 8.19. The van der Waals surface area contributed by atoms with Crippen LogP contribution < -0.4 is 10.1 Å². The number of amides is 1. The summed E-state index contributed by atoms with van der Waals surface area (Å²) in [4.78, 5) is 10.5. The lowest BCUT2D eigenvalue weighted by Crippen LogP contribution is -2.32. The predicted octanol–water partition coefficient (Wildman–Crippen LogP) is 3.43. The molecule has 0 aromatic heterocycles. The van der Waals surface area contributed by atoms with Crippen molar-refractivity contribution >= 4 is 6.09 Å². The zero-order chi connectivity index (χ0) is 17.6. The van der Waals surface area contributed by atoms with Crippen molar-refractivity contribution in [3.05, 3.63) is 54.1 Å². The van der Waals surface area contributed by atoms with Crippen LogP contribution in [0, 0.1) is 0 Å². The number of hydrogen-bond donors (Lipinski definition) is 2. The van der Waals surface area contributed by atoms with Crippen molar-refractivity contribution in [2.45, 2.75) is 19.3 Å². The van der Waals surface area contributed by atoms with Crippen LogP contribution in [0.25, 0.3) is 11.1 Å². The van der Waals surface area contributed by atoms with E-state index < -0.39 is 6.09 Å². The van der Waals surface area contributed by atoms with Crippen molar-refractivity contribution in [3.8, 4) is 16.9 Å². The number of carbonyl (C=O) groups is 1. The Morgan fingerprint density at radius 1 is 1.20 bits per heavy atom. The quantitative estimate of drug-likeness (QED) is 0.840. The summed E-state index contributed by atoms with van der Waals surface area (Å²) in [6.45, 7) is 3.27. The Bertz CT molecular complexity index is 727. The number of ether oxygens (including phenoxy) is 3. The molecule has 0 radical (unpaired) electrons. The van der Waals surface area contributed by atoms with Gasteiger partial charge >= 0.3 is 6.09 Å². The van der Waals surface area contributed by atoms with E-state index >= 15 is 0 Å². The fourth-order valence-corrected chi connectivity index (χ4v) is 2.67. The Morgan fingerprint density at radius 3 is 2.60 bits per heavy atom. The fourth-order valence-electron chi connectivity index (χ4n) is 2.67. The molecule has 1 atom stereocenters. The molecule has 1 amide bonds. The summed E-state index contributed by atoms with van der Waals surface area (Å²) in [5.41, 5.74) is 3.04. The normalized spacial score (nSPS) is 15.7. The first-order valence-corrected chi connectivity index (χ1v) is 8.19. The third kappa shape index (κ3) is 4.71. The van der Waals surface area contributed by atoms with Gasteiger partial charge in [0.25, 0.3) is 0 Å². The molecule has 1 aliphatic heterocycles. The predicted molar refractivity (Wildman–Crippen MR) is 92.6 cm³/mol. The Labute approximate surface area is 146 Å². The van der Waals surface area contributed by atoms with Crippen molar-refractivity contribution < 1.29 is 24.1 Å². The van der Waals surface area contributed by atoms with E-state index in [4.69, 9.17) is 19.3 Å². The Kier molecular flexibility index (Phi) is 5.53. The highest BCUT2D eigenvalue weighted by atomic mass is 16.7. The van der Waals surface area contributed by atoms with Gasteiger partial charge in [0, 0.05) is 5.56 Å². The molecule has 6 nitrogen and oxygen atoms in total. The summed E-state index contributed by atoms with van der Waals surface area (Å²) in [6, 6.07) is 15.7. The third-order valence-electron chi connectivity index (χ3n) is 3.83. The van der Waals surface area contributed by atoms with E-state index in [0.29, 0.717) is 19.0 Å². The van der Waals surface area contributed by atoms with Gasteiger partial charge in [0.15, 0.2) is 6.29 Å². The van der Waals surface area contributed by atoms with E-state index in [1.165, 1.54) is 0 Å². The van der Waals surface area contributed by atoms with Gasteiger partial charge in [-0.15, -0.1) is 0 Å². The maximum atomic E-state index is 10.5. The van der Waals surface area contributed by atoms with E-state index in [0.717, 1.165) is 16.7 Å². The summed E-state index contributed by atoms with van der Waals surface area (Å²) >= 11 is 0. The van der Waals surface area contributed by atoms with Crippen molar-refractivity contribution in [1.82, 2.24) is 5.32 Å². The molecule has 2 aromatic carbocycles. The van der Waals surface area contributed by atoms with Crippen LogP contribution in [0.1, 0.15) is 18.8 Å². The smallest absolute Gasteiger partial charge is 0.404 e. The summed E-state index contributed by atoms with van der Waals surface area (Å²) in [5, 5.41) is 11.0. The second-order valence-electron chi connectivity index (χ2n) is 5.84. The molecule has 0 spiro atoms. The molecule has 2 N–H and O–H groups in total. The Hall–Kier alpha value is -2.57. The molecule has 132 valence electrons. The molecular formula is C19H21NO5. The van der Waals surface area contributed by atoms with Gasteiger partial charge in [0.05, 0.1) is 19.8 Å². The average molecular weight is 343 g/mol. The molecule has 1 fully saturated rings. The monoisotopic (exact) mass is 343 g/mol. The number of nitrogens with one attached hydrogen (secondary N) is 1. The maximum absolute atomic E-state index is 10.5. The van der Waals surface area contributed by atoms with Gasteiger partial charge in [0.1, 0.15) is 11.9 Å². The number of rotatable bonds is 6. The van der Waals surface area contributed by atoms with E-state index in [2.05, 4.69) is 5.32 Å². The largest absolute Gasteiger partial charge is 0.489 e. The summed E-state index contributed by atoms with van der Waals surface area (Å²) < 4.78 is 16.9. The van der Waals surface area contributed by atoms with Crippen LogP contribution in [0.15, 0.2) is 48.5 Å². The van der Waals surface area contributed by atoms with E-state index in [1.807, 2.05) is 55.5 Å². The van der Waals surface area contributed by atoms with Crippen LogP contribution in [0.2, 0.25) is 0 Å². The second kappa shape index (κ2) is 8.00. The molecule has 6 heteroatoms. The molecule has 0 aliphatic carbocycles. The first-order chi connectivity index (χ1) is 12.1. The minimum Gasteiger partial charge on any atom is -0.489 e. The second-order valence-corrected chi connectivity index (χ2v) is 5.84. The zero-order valence-corrected chi connectivity index (χ0v) is 14.0. The van der Waals surface area contributed by atoms with E-state index in [1.54, 1.807) is 0 Å². The molecule has 0 bridgehead atoms. The van der Waals surface area contributed by atoms with Crippen molar-refractivity contribution in [1.29, 1.82) is 0 Å². The summed E-state index contributed by atoms with van der Waals surface area (Å²) in [5.74, 6) is 0.691. The highest BCUT2D eigenvalue weighted by Crippen LogP contribution is 2.29. The Balaban J connectivity index is 1.72. The van der Waals surface area contributed by atoms with Crippen LogP contribution in [-0.2, 0) is 9.47 Å². The topological polar surface area (TPSA) is 77.0 Å². The maximum Gasteiger partial charge on any atom is 0.404 e. The minimum atomic E-state index is -1.06. The standard InChI is InChI=1S/C19H21NO5/c1-13(12-20-19(21)22)25-17-7-3-5-15(11-17)14-4-2-6-16(10-14)18-23-8-9-24-18/h2-7,10-11,13,18,20H,8-9,12H2,1H3,(H,21,22). The molecular weight excluding hydrogens is 322 g/mol. The third-order valence-corrected chi connectivity index (χ3v) is 3.83. The molecule has 25 heavy (non-hydrogen) atoms. The van der Waals surface area contributed by atoms with Gasteiger partial charge in [0.2, 0.25) is 0 Å². The highest BCUT2D eigenvalue weighted by Gasteiger charge is 2.18. The molecule has 1 heterocycles. The number of carboxylic acid groups (broad SMARTS) is 1. The van der Waals surface area contributed by atoms with Gasteiger partial charge in [-0.1, -0.05) is 30.3 Å². The molecule has 2 aromatic rings.